The average molecular weight is 227 g/mol. The molecule has 0 radical (unpaired) electrons. The number of aliphatic hydroxyl groups is 1. The molecule has 0 aromatic heterocycles. The lowest BCUT2D eigenvalue weighted by molar-refractivity contribution is -0.113. The summed E-state index contributed by atoms with van der Waals surface area (Å²) in [5.74, 6) is -1.61. The Hall–Kier alpha value is -2.49. The second-order valence-corrected chi connectivity index (χ2v) is 3.53. The molecule has 4 nitrogen and oxygen atoms in total. The number of benzene rings is 1. The Labute approximate surface area is 97.4 Å². The Morgan fingerprint density at radius 3 is 2.35 bits per heavy atom. The van der Waals surface area contributed by atoms with E-state index in [9.17, 15) is 14.7 Å². The molecule has 0 saturated carbocycles. The number of carbonyl (C=O) groups is 2. The third-order valence-corrected chi connectivity index (χ3v) is 2.42. The van der Waals surface area contributed by atoms with Gasteiger partial charge in [-0.1, -0.05) is 30.3 Å². The summed E-state index contributed by atoms with van der Waals surface area (Å²) in [5, 5.41) is 17.2. The molecule has 84 valence electrons. The lowest BCUT2D eigenvalue weighted by atomic mass is 9.94. The SMILES string of the molecule is N=C1C(=O)C=CC(=C(O)c2ccccc2)C1=O. The molecule has 4 heteroatoms. The van der Waals surface area contributed by atoms with Gasteiger partial charge >= 0.3 is 0 Å². The zero-order valence-electron chi connectivity index (χ0n) is 8.81. The van der Waals surface area contributed by atoms with Crippen molar-refractivity contribution in [1.82, 2.24) is 0 Å². The van der Waals surface area contributed by atoms with Gasteiger partial charge in [0.1, 0.15) is 5.76 Å². The molecule has 0 heterocycles. The van der Waals surface area contributed by atoms with Crippen molar-refractivity contribution in [3.05, 3.63) is 53.6 Å². The van der Waals surface area contributed by atoms with Crippen molar-refractivity contribution in [2.24, 2.45) is 0 Å². The minimum absolute atomic E-state index is 0.0270. The highest BCUT2D eigenvalue weighted by Crippen LogP contribution is 2.20. The molecule has 1 aliphatic carbocycles. The highest BCUT2D eigenvalue weighted by molar-refractivity contribution is 6.72. The molecule has 17 heavy (non-hydrogen) atoms. The lowest BCUT2D eigenvalue weighted by Crippen LogP contribution is -2.26. The quantitative estimate of drug-likeness (QED) is 0.566. The highest BCUT2D eigenvalue weighted by atomic mass is 16.3. The fraction of sp³-hybridized carbons (Fsp3) is 0. The summed E-state index contributed by atoms with van der Waals surface area (Å²) in [6.45, 7) is 0. The predicted molar refractivity (Wildman–Crippen MR) is 62.9 cm³/mol. The zero-order chi connectivity index (χ0) is 12.4. The first-order valence-corrected chi connectivity index (χ1v) is 4.95. The molecule has 2 N–H and O–H groups in total. The van der Waals surface area contributed by atoms with Gasteiger partial charge in [0.25, 0.3) is 0 Å². The monoisotopic (exact) mass is 227 g/mol. The summed E-state index contributed by atoms with van der Waals surface area (Å²) >= 11 is 0. The first-order chi connectivity index (χ1) is 8.11. The Kier molecular flexibility index (Phi) is 2.70. The zero-order valence-corrected chi connectivity index (χ0v) is 8.81. The van der Waals surface area contributed by atoms with Crippen LogP contribution in [-0.4, -0.2) is 22.4 Å². The topological polar surface area (TPSA) is 78.2 Å². The van der Waals surface area contributed by atoms with Gasteiger partial charge in [-0.3, -0.25) is 15.0 Å². The van der Waals surface area contributed by atoms with Gasteiger partial charge in [0.2, 0.25) is 11.6 Å². The summed E-state index contributed by atoms with van der Waals surface area (Å²) in [5.41, 5.74) is -0.173. The maximum Gasteiger partial charge on any atom is 0.218 e. The van der Waals surface area contributed by atoms with E-state index in [4.69, 9.17) is 5.41 Å². The molecule has 0 aliphatic heterocycles. The largest absolute Gasteiger partial charge is 0.507 e. The van der Waals surface area contributed by atoms with Crippen molar-refractivity contribution in [2.45, 2.75) is 0 Å². The van der Waals surface area contributed by atoms with E-state index in [1.807, 2.05) is 0 Å². The predicted octanol–water partition coefficient (Wildman–Crippen LogP) is 1.68. The minimum Gasteiger partial charge on any atom is -0.507 e. The van der Waals surface area contributed by atoms with Crippen LogP contribution in [0.5, 0.6) is 0 Å². The molecule has 1 aromatic carbocycles. The highest BCUT2D eigenvalue weighted by Gasteiger charge is 2.26. The summed E-state index contributed by atoms with van der Waals surface area (Å²) in [6.07, 6.45) is 2.35. The fourth-order valence-corrected chi connectivity index (χ4v) is 1.50. The normalized spacial score (nSPS) is 18.5. The number of carbonyl (C=O) groups excluding carboxylic acids is 2. The molecule has 0 fully saturated rings. The van der Waals surface area contributed by atoms with Crippen LogP contribution < -0.4 is 0 Å². The van der Waals surface area contributed by atoms with Crippen molar-refractivity contribution < 1.29 is 14.7 Å². The maximum atomic E-state index is 11.6. The lowest BCUT2D eigenvalue weighted by Gasteiger charge is -2.09. The second kappa shape index (κ2) is 4.17. The van der Waals surface area contributed by atoms with Crippen LogP contribution in [0.25, 0.3) is 5.76 Å². The molecular weight excluding hydrogens is 218 g/mol. The summed E-state index contributed by atoms with van der Waals surface area (Å²) < 4.78 is 0. The Balaban J connectivity index is 2.53. The number of allylic oxidation sites excluding steroid dienone is 3. The van der Waals surface area contributed by atoms with E-state index in [2.05, 4.69) is 0 Å². The van der Waals surface area contributed by atoms with E-state index in [0.29, 0.717) is 5.56 Å². The van der Waals surface area contributed by atoms with Gasteiger partial charge in [0.05, 0.1) is 5.57 Å². The number of Topliss-reactive ketones (excluding diaryl/α,β-unsaturated/α-hetero) is 1. The van der Waals surface area contributed by atoms with Gasteiger partial charge < -0.3 is 5.11 Å². The van der Waals surface area contributed by atoms with Gasteiger partial charge in [-0.2, -0.15) is 0 Å². The van der Waals surface area contributed by atoms with Crippen molar-refractivity contribution in [2.75, 3.05) is 0 Å². The van der Waals surface area contributed by atoms with E-state index < -0.39 is 17.3 Å². The Morgan fingerprint density at radius 2 is 1.71 bits per heavy atom. The molecular formula is C13H9NO3. The van der Waals surface area contributed by atoms with E-state index >= 15 is 0 Å². The van der Waals surface area contributed by atoms with Crippen LogP contribution in [0.4, 0.5) is 0 Å². The number of aliphatic hydroxyl groups excluding tert-OH is 1. The molecule has 0 unspecified atom stereocenters. The van der Waals surface area contributed by atoms with Gasteiger partial charge in [0, 0.05) is 5.56 Å². The first-order valence-electron chi connectivity index (χ1n) is 4.95. The maximum absolute atomic E-state index is 11.6. The van der Waals surface area contributed by atoms with E-state index in [-0.39, 0.29) is 11.3 Å². The van der Waals surface area contributed by atoms with Crippen molar-refractivity contribution in [3.63, 3.8) is 0 Å². The molecule has 0 spiro atoms. The molecule has 0 bridgehead atoms. The van der Waals surface area contributed by atoms with E-state index in [1.165, 1.54) is 6.08 Å². The van der Waals surface area contributed by atoms with Gasteiger partial charge in [0.15, 0.2) is 5.71 Å². The second-order valence-electron chi connectivity index (χ2n) is 3.53. The van der Waals surface area contributed by atoms with Gasteiger partial charge in [-0.25, -0.2) is 0 Å². The number of rotatable bonds is 1. The standard InChI is InChI=1S/C13H9NO3/c14-11-10(15)7-6-9(13(11)17)12(16)8-4-2-1-3-5-8/h1-7,14,16H. The summed E-state index contributed by atoms with van der Waals surface area (Å²) in [7, 11) is 0. The molecule has 2 rings (SSSR count). The van der Waals surface area contributed by atoms with E-state index in [0.717, 1.165) is 6.08 Å². The number of nitrogens with one attached hydrogen (secondary N) is 1. The van der Waals surface area contributed by atoms with E-state index in [1.54, 1.807) is 30.3 Å². The van der Waals surface area contributed by atoms with Crippen LogP contribution in [0, 0.1) is 5.41 Å². The fourth-order valence-electron chi connectivity index (χ4n) is 1.50. The van der Waals surface area contributed by atoms with Crippen LogP contribution in [0.3, 0.4) is 0 Å². The third-order valence-electron chi connectivity index (χ3n) is 2.42. The van der Waals surface area contributed by atoms with Gasteiger partial charge in [-0.15, -0.1) is 0 Å². The van der Waals surface area contributed by atoms with Gasteiger partial charge in [-0.05, 0) is 12.2 Å². The number of hydrogen-bond donors (Lipinski definition) is 2. The number of hydrogen-bond acceptors (Lipinski definition) is 4. The molecule has 0 amide bonds. The van der Waals surface area contributed by atoms with Crippen LogP contribution in [0.2, 0.25) is 0 Å². The molecule has 0 saturated heterocycles. The van der Waals surface area contributed by atoms with Crippen molar-refractivity contribution >= 4 is 23.0 Å². The van der Waals surface area contributed by atoms with Crippen LogP contribution in [0.15, 0.2) is 48.1 Å². The molecule has 1 aromatic rings. The van der Waals surface area contributed by atoms with Crippen LogP contribution >= 0.6 is 0 Å². The third kappa shape index (κ3) is 1.92. The summed E-state index contributed by atoms with van der Waals surface area (Å²) in [6, 6.07) is 8.51. The van der Waals surface area contributed by atoms with Crippen molar-refractivity contribution in [1.29, 1.82) is 5.41 Å². The van der Waals surface area contributed by atoms with Crippen molar-refractivity contribution in [3.8, 4) is 0 Å². The minimum atomic E-state index is -0.751. The van der Waals surface area contributed by atoms with Crippen LogP contribution in [0.1, 0.15) is 5.56 Å². The molecule has 0 atom stereocenters. The first kappa shape index (κ1) is 11.0. The Bertz CT molecular complexity index is 568. The molecule has 1 aliphatic rings. The smallest absolute Gasteiger partial charge is 0.218 e. The number of ketones is 2. The van der Waals surface area contributed by atoms with Crippen LogP contribution in [-0.2, 0) is 9.59 Å². The Morgan fingerprint density at radius 1 is 1.06 bits per heavy atom. The average Bonchev–Trinajstić information content (AvgIpc) is 2.36. The summed E-state index contributed by atoms with van der Waals surface area (Å²) in [4.78, 5) is 22.7.